The van der Waals surface area contributed by atoms with Crippen LogP contribution in [0.15, 0.2) is 18.3 Å². The Morgan fingerprint density at radius 2 is 1.94 bits per heavy atom. The topological polar surface area (TPSA) is 50.2 Å². The van der Waals surface area contributed by atoms with Crippen LogP contribution < -0.4 is 0 Å². The fraction of sp³-hybridized carbons (Fsp3) is 0. The number of thiazole rings is 1. The maximum absolute atomic E-state index is 13.4. The fourth-order valence-electron chi connectivity index (χ4n) is 1.19. The van der Waals surface area contributed by atoms with Crippen molar-refractivity contribution in [3.63, 3.8) is 0 Å². The van der Waals surface area contributed by atoms with Crippen molar-refractivity contribution in [1.29, 1.82) is 0 Å². The van der Waals surface area contributed by atoms with E-state index in [2.05, 4.69) is 4.98 Å². The van der Waals surface area contributed by atoms with Gasteiger partial charge in [-0.05, 0) is 12.1 Å². The highest BCUT2D eigenvalue weighted by atomic mass is 32.1. The van der Waals surface area contributed by atoms with Gasteiger partial charge in [0.2, 0.25) is 0 Å². The lowest BCUT2D eigenvalue weighted by molar-refractivity contribution is 0.0702. The van der Waals surface area contributed by atoms with Gasteiger partial charge in [0.05, 0.1) is 6.20 Å². The summed E-state index contributed by atoms with van der Waals surface area (Å²) in [5.74, 6) is -5.50. The first-order valence-corrected chi connectivity index (χ1v) is 5.15. The number of aromatic carboxylic acids is 1. The zero-order chi connectivity index (χ0) is 12.6. The number of nitrogens with zero attached hydrogens (tertiary/aromatic N) is 1. The Morgan fingerprint density at radius 3 is 2.53 bits per heavy atom. The first-order chi connectivity index (χ1) is 8.00. The molecular weight excluding hydrogens is 255 g/mol. The zero-order valence-corrected chi connectivity index (χ0v) is 8.89. The molecule has 3 nitrogen and oxygen atoms in total. The van der Waals surface area contributed by atoms with Crippen molar-refractivity contribution >= 4 is 17.3 Å². The molecule has 0 spiro atoms. The highest BCUT2D eigenvalue weighted by Crippen LogP contribution is 2.29. The second kappa shape index (κ2) is 4.17. The van der Waals surface area contributed by atoms with Gasteiger partial charge in [-0.25, -0.2) is 22.9 Å². The Balaban J connectivity index is 2.53. The maximum Gasteiger partial charge on any atom is 0.347 e. The number of hydrogen-bond donors (Lipinski definition) is 1. The normalized spacial score (nSPS) is 10.5. The molecule has 7 heteroatoms. The largest absolute Gasteiger partial charge is 0.477 e. The van der Waals surface area contributed by atoms with Crippen molar-refractivity contribution in [2.24, 2.45) is 0 Å². The van der Waals surface area contributed by atoms with E-state index in [0.29, 0.717) is 11.3 Å². The average molecular weight is 259 g/mol. The number of benzene rings is 1. The Hall–Kier alpha value is -1.89. The second-order valence-electron chi connectivity index (χ2n) is 3.06. The van der Waals surface area contributed by atoms with E-state index in [1.807, 2.05) is 0 Å². The van der Waals surface area contributed by atoms with Gasteiger partial charge in [-0.2, -0.15) is 0 Å². The lowest BCUT2D eigenvalue weighted by atomic mass is 10.2. The van der Waals surface area contributed by atoms with Gasteiger partial charge in [0.1, 0.15) is 9.88 Å². The Kier molecular flexibility index (Phi) is 2.84. The lowest BCUT2D eigenvalue weighted by Gasteiger charge is -2.00. The molecular formula is C10H4F3NO2S. The molecule has 1 heterocycles. The third-order valence-electron chi connectivity index (χ3n) is 1.98. The van der Waals surface area contributed by atoms with Crippen LogP contribution >= 0.6 is 11.3 Å². The van der Waals surface area contributed by atoms with E-state index in [1.54, 1.807) is 0 Å². The van der Waals surface area contributed by atoms with Gasteiger partial charge < -0.3 is 5.11 Å². The van der Waals surface area contributed by atoms with Gasteiger partial charge in [0.15, 0.2) is 17.5 Å². The van der Waals surface area contributed by atoms with Crippen molar-refractivity contribution < 1.29 is 23.1 Å². The Bertz CT molecular complexity index is 597. The van der Waals surface area contributed by atoms with Gasteiger partial charge in [0.25, 0.3) is 0 Å². The van der Waals surface area contributed by atoms with Crippen LogP contribution in [0, 0.1) is 17.5 Å². The van der Waals surface area contributed by atoms with Crippen molar-refractivity contribution in [2.45, 2.75) is 0 Å². The molecule has 0 amide bonds. The van der Waals surface area contributed by atoms with Crippen LogP contribution in [0.25, 0.3) is 10.6 Å². The molecule has 0 atom stereocenters. The first kappa shape index (κ1) is 11.6. The van der Waals surface area contributed by atoms with Crippen LogP contribution in [0.3, 0.4) is 0 Å². The van der Waals surface area contributed by atoms with Crippen LogP contribution in [0.5, 0.6) is 0 Å². The highest BCUT2D eigenvalue weighted by molar-refractivity contribution is 7.16. The number of rotatable bonds is 2. The van der Waals surface area contributed by atoms with Gasteiger partial charge in [-0.1, -0.05) is 0 Å². The minimum Gasteiger partial charge on any atom is -0.477 e. The van der Waals surface area contributed by atoms with Crippen molar-refractivity contribution in [3.8, 4) is 10.6 Å². The molecule has 0 unspecified atom stereocenters. The molecule has 1 aromatic heterocycles. The van der Waals surface area contributed by atoms with Gasteiger partial charge >= 0.3 is 5.97 Å². The third kappa shape index (κ3) is 2.01. The summed E-state index contributed by atoms with van der Waals surface area (Å²) in [5.41, 5.74) is -0.263. The standard InChI is InChI=1S/C10H4F3NO2S/c11-5-2-1-4(7(12)8(5)13)9-14-3-6(17-9)10(15)16/h1-3H,(H,15,16). The van der Waals surface area contributed by atoms with E-state index in [9.17, 15) is 18.0 Å². The molecule has 0 aliphatic carbocycles. The summed E-state index contributed by atoms with van der Waals surface area (Å²) in [5, 5.41) is 8.64. The fourth-order valence-corrected chi connectivity index (χ4v) is 1.96. The van der Waals surface area contributed by atoms with E-state index >= 15 is 0 Å². The number of halogens is 3. The molecule has 2 aromatic rings. The smallest absolute Gasteiger partial charge is 0.347 e. The average Bonchev–Trinajstić information content (AvgIpc) is 2.75. The van der Waals surface area contributed by atoms with Crippen LogP contribution in [0.4, 0.5) is 13.2 Å². The SMILES string of the molecule is O=C(O)c1cnc(-c2ccc(F)c(F)c2F)s1. The van der Waals surface area contributed by atoms with E-state index in [1.165, 1.54) is 0 Å². The minimum atomic E-state index is -1.60. The summed E-state index contributed by atoms with van der Waals surface area (Å²) < 4.78 is 39.0. The van der Waals surface area contributed by atoms with E-state index in [-0.39, 0.29) is 15.4 Å². The molecule has 1 aromatic carbocycles. The zero-order valence-electron chi connectivity index (χ0n) is 8.08. The molecule has 0 radical (unpaired) electrons. The minimum absolute atomic E-state index is 0.0150. The summed E-state index contributed by atoms with van der Waals surface area (Å²) in [6.45, 7) is 0. The molecule has 0 bridgehead atoms. The second-order valence-corrected chi connectivity index (χ2v) is 4.09. The predicted octanol–water partition coefficient (Wildman–Crippen LogP) is 2.93. The summed E-state index contributed by atoms with van der Waals surface area (Å²) in [6.07, 6.45) is 1.03. The number of carboxylic acid groups (broad SMARTS) is 1. The summed E-state index contributed by atoms with van der Waals surface area (Å²) >= 11 is 0.683. The molecule has 2 rings (SSSR count). The molecule has 0 fully saturated rings. The van der Waals surface area contributed by atoms with E-state index in [4.69, 9.17) is 5.11 Å². The molecule has 0 saturated carbocycles. The van der Waals surface area contributed by atoms with E-state index in [0.717, 1.165) is 18.3 Å². The van der Waals surface area contributed by atoms with Gasteiger partial charge in [0, 0.05) is 5.56 Å². The van der Waals surface area contributed by atoms with E-state index < -0.39 is 23.4 Å². The number of aromatic nitrogens is 1. The predicted molar refractivity (Wildman–Crippen MR) is 54.4 cm³/mol. The molecule has 1 N–H and O–H groups in total. The van der Waals surface area contributed by atoms with Crippen LogP contribution in [-0.2, 0) is 0 Å². The van der Waals surface area contributed by atoms with Crippen molar-refractivity contribution in [1.82, 2.24) is 4.98 Å². The van der Waals surface area contributed by atoms with Crippen LogP contribution in [0.2, 0.25) is 0 Å². The monoisotopic (exact) mass is 259 g/mol. The number of hydrogen-bond acceptors (Lipinski definition) is 3. The molecule has 0 aliphatic rings. The van der Waals surface area contributed by atoms with Crippen molar-refractivity contribution in [3.05, 3.63) is 40.7 Å². The highest BCUT2D eigenvalue weighted by Gasteiger charge is 2.18. The third-order valence-corrected chi connectivity index (χ3v) is 3.00. The maximum atomic E-state index is 13.4. The van der Waals surface area contributed by atoms with Gasteiger partial charge in [-0.3, -0.25) is 0 Å². The summed E-state index contributed by atoms with van der Waals surface area (Å²) in [6, 6.07) is 1.77. The Morgan fingerprint density at radius 1 is 1.24 bits per heavy atom. The lowest BCUT2D eigenvalue weighted by Crippen LogP contribution is -1.93. The molecule has 17 heavy (non-hydrogen) atoms. The summed E-state index contributed by atoms with van der Waals surface area (Å²) in [4.78, 5) is 14.1. The van der Waals surface area contributed by atoms with Crippen LogP contribution in [0.1, 0.15) is 9.67 Å². The van der Waals surface area contributed by atoms with Crippen molar-refractivity contribution in [2.75, 3.05) is 0 Å². The number of carbonyl (C=O) groups is 1. The summed E-state index contributed by atoms with van der Waals surface area (Å²) in [7, 11) is 0. The quantitative estimate of drug-likeness (QED) is 0.843. The van der Waals surface area contributed by atoms with Gasteiger partial charge in [-0.15, -0.1) is 11.3 Å². The molecule has 0 saturated heterocycles. The number of carboxylic acids is 1. The van der Waals surface area contributed by atoms with Crippen LogP contribution in [-0.4, -0.2) is 16.1 Å². The Labute approximate surface area is 97.2 Å². The molecule has 0 aliphatic heterocycles. The molecule has 88 valence electrons. The first-order valence-electron chi connectivity index (χ1n) is 4.33.